The average Bonchev–Trinajstić information content (AvgIpc) is 2.84. The lowest BCUT2D eigenvalue weighted by Crippen LogP contribution is -2.12. The van der Waals surface area contributed by atoms with E-state index < -0.39 is 5.97 Å². The van der Waals surface area contributed by atoms with E-state index in [1.807, 2.05) is 19.1 Å². The quantitative estimate of drug-likeness (QED) is 0.909. The van der Waals surface area contributed by atoms with E-state index in [1.165, 1.54) is 11.3 Å². The van der Waals surface area contributed by atoms with Crippen molar-refractivity contribution in [3.8, 4) is 0 Å². The average molecular weight is 300 g/mol. The first-order valence-corrected chi connectivity index (χ1v) is 6.88. The molecule has 0 bridgehead atoms. The number of rotatable bonds is 4. The highest BCUT2D eigenvalue weighted by atomic mass is 35.5. The Morgan fingerprint density at radius 3 is 2.79 bits per heavy atom. The van der Waals surface area contributed by atoms with Crippen LogP contribution >= 0.6 is 22.9 Å². The summed E-state index contributed by atoms with van der Waals surface area (Å²) in [5, 5.41) is 16.6. The number of halogens is 1. The van der Waals surface area contributed by atoms with Gasteiger partial charge in [-0.25, -0.2) is 4.79 Å². The third-order valence-electron chi connectivity index (χ3n) is 2.81. The molecule has 0 aliphatic carbocycles. The van der Waals surface area contributed by atoms with Crippen LogP contribution in [0.15, 0.2) is 12.1 Å². The maximum atomic E-state index is 11.3. The Labute approximate surface area is 119 Å². The van der Waals surface area contributed by atoms with Gasteiger partial charge >= 0.3 is 5.97 Å². The Bertz CT molecular complexity index is 621. The smallest absolute Gasteiger partial charge is 0.341 e. The van der Waals surface area contributed by atoms with E-state index >= 15 is 0 Å². The molecule has 5 nitrogen and oxygen atoms in total. The minimum atomic E-state index is -0.982. The van der Waals surface area contributed by atoms with Crippen LogP contribution in [-0.4, -0.2) is 20.9 Å². The normalized spacial score (nSPS) is 12.4. The van der Waals surface area contributed by atoms with Gasteiger partial charge in [0, 0.05) is 11.9 Å². The summed E-state index contributed by atoms with van der Waals surface area (Å²) in [5.41, 5.74) is 0.700. The van der Waals surface area contributed by atoms with Crippen molar-refractivity contribution in [3.05, 3.63) is 32.6 Å². The van der Waals surface area contributed by atoms with Crippen LogP contribution in [0.2, 0.25) is 4.34 Å². The molecule has 1 atom stereocenters. The molecule has 0 amide bonds. The molecule has 0 spiro atoms. The highest BCUT2D eigenvalue weighted by Gasteiger charge is 2.21. The zero-order valence-corrected chi connectivity index (χ0v) is 12.3. The first-order chi connectivity index (χ1) is 8.90. The standard InChI is InChI=1S/C12H14ClN3O2S/c1-6(8-4-5-9(13)19-8)14-11-10(12(17)18)7(2)15-16(11)3/h4-6,14H,1-3H3,(H,17,18). The zero-order valence-electron chi connectivity index (χ0n) is 10.8. The fraction of sp³-hybridized carbons (Fsp3) is 0.333. The van der Waals surface area contributed by atoms with Crippen molar-refractivity contribution in [1.82, 2.24) is 9.78 Å². The number of nitrogens with one attached hydrogen (secondary N) is 1. The number of carbonyl (C=O) groups is 1. The van der Waals surface area contributed by atoms with E-state index in [4.69, 9.17) is 11.6 Å². The molecule has 2 N–H and O–H groups in total. The molecule has 102 valence electrons. The van der Waals surface area contributed by atoms with Gasteiger partial charge in [-0.2, -0.15) is 5.10 Å². The van der Waals surface area contributed by atoms with Crippen molar-refractivity contribution in [2.45, 2.75) is 19.9 Å². The summed E-state index contributed by atoms with van der Waals surface area (Å²) < 4.78 is 2.26. The number of hydrogen-bond acceptors (Lipinski definition) is 4. The minimum Gasteiger partial charge on any atom is -0.477 e. The topological polar surface area (TPSA) is 67.2 Å². The number of nitrogens with zero attached hydrogens (tertiary/aromatic N) is 2. The van der Waals surface area contributed by atoms with Gasteiger partial charge in [0.05, 0.1) is 16.1 Å². The van der Waals surface area contributed by atoms with E-state index in [0.717, 1.165) is 4.88 Å². The monoisotopic (exact) mass is 299 g/mol. The predicted octanol–water partition coefficient (Wildman–Crippen LogP) is 3.31. The first-order valence-electron chi connectivity index (χ1n) is 5.68. The highest BCUT2D eigenvalue weighted by Crippen LogP contribution is 2.30. The Kier molecular flexibility index (Phi) is 3.82. The molecule has 0 saturated heterocycles. The molecule has 0 saturated carbocycles. The van der Waals surface area contributed by atoms with Gasteiger partial charge in [0.25, 0.3) is 0 Å². The van der Waals surface area contributed by atoms with Crippen molar-refractivity contribution < 1.29 is 9.90 Å². The van der Waals surface area contributed by atoms with E-state index in [1.54, 1.807) is 18.7 Å². The molecule has 2 aromatic rings. The van der Waals surface area contributed by atoms with Gasteiger partial charge in [0.1, 0.15) is 11.4 Å². The molecule has 7 heteroatoms. The molecule has 0 aliphatic heterocycles. The summed E-state index contributed by atoms with van der Waals surface area (Å²) in [5.74, 6) is -0.480. The Morgan fingerprint density at radius 1 is 1.58 bits per heavy atom. The lowest BCUT2D eigenvalue weighted by Gasteiger charge is -2.14. The second-order valence-electron chi connectivity index (χ2n) is 4.25. The van der Waals surface area contributed by atoms with Crippen LogP contribution in [0.25, 0.3) is 0 Å². The number of aryl methyl sites for hydroxylation is 2. The molecule has 2 rings (SSSR count). The number of aromatic carboxylic acids is 1. The lowest BCUT2D eigenvalue weighted by molar-refractivity contribution is 0.0697. The summed E-state index contributed by atoms with van der Waals surface area (Å²) in [6.07, 6.45) is 0. The number of aromatic nitrogens is 2. The molecule has 0 aromatic carbocycles. The summed E-state index contributed by atoms with van der Waals surface area (Å²) >= 11 is 7.37. The number of carboxylic acid groups (broad SMARTS) is 1. The molecule has 2 heterocycles. The number of anilines is 1. The van der Waals surface area contributed by atoms with Gasteiger partial charge in [0.15, 0.2) is 0 Å². The van der Waals surface area contributed by atoms with Crippen LogP contribution in [0.3, 0.4) is 0 Å². The van der Waals surface area contributed by atoms with Crippen LogP contribution < -0.4 is 5.32 Å². The second-order valence-corrected chi connectivity index (χ2v) is 5.99. The summed E-state index contributed by atoms with van der Waals surface area (Å²) in [6, 6.07) is 3.71. The Balaban J connectivity index is 2.31. The molecule has 2 aromatic heterocycles. The van der Waals surface area contributed by atoms with E-state index in [9.17, 15) is 9.90 Å². The van der Waals surface area contributed by atoms with Crippen molar-refractivity contribution in [2.24, 2.45) is 7.05 Å². The van der Waals surface area contributed by atoms with Crippen LogP contribution in [0.1, 0.15) is 33.9 Å². The molecule has 0 fully saturated rings. The summed E-state index contributed by atoms with van der Waals surface area (Å²) in [6.45, 7) is 3.64. The third-order valence-corrected chi connectivity index (χ3v) is 4.22. The molecule has 1 unspecified atom stereocenters. The van der Waals surface area contributed by atoms with Gasteiger partial charge in [0.2, 0.25) is 0 Å². The molecular weight excluding hydrogens is 286 g/mol. The lowest BCUT2D eigenvalue weighted by atomic mass is 10.2. The van der Waals surface area contributed by atoms with E-state index in [2.05, 4.69) is 10.4 Å². The second kappa shape index (κ2) is 5.22. The van der Waals surface area contributed by atoms with Gasteiger partial charge < -0.3 is 10.4 Å². The van der Waals surface area contributed by atoms with Crippen molar-refractivity contribution >= 4 is 34.7 Å². The van der Waals surface area contributed by atoms with Gasteiger partial charge in [-0.15, -0.1) is 11.3 Å². The predicted molar refractivity (Wildman–Crippen MR) is 76.3 cm³/mol. The number of thiophene rings is 1. The largest absolute Gasteiger partial charge is 0.477 e. The zero-order chi connectivity index (χ0) is 14.2. The van der Waals surface area contributed by atoms with Gasteiger partial charge in [-0.05, 0) is 26.0 Å². The van der Waals surface area contributed by atoms with Crippen LogP contribution in [0.4, 0.5) is 5.82 Å². The Hall–Kier alpha value is -1.53. The SMILES string of the molecule is Cc1nn(C)c(NC(C)c2ccc(Cl)s2)c1C(=O)O. The molecule has 0 radical (unpaired) electrons. The summed E-state index contributed by atoms with van der Waals surface area (Å²) in [4.78, 5) is 12.3. The molecule has 0 aliphatic rings. The molecular formula is C12H14ClN3O2S. The van der Waals surface area contributed by atoms with Crippen molar-refractivity contribution in [2.75, 3.05) is 5.32 Å². The van der Waals surface area contributed by atoms with Crippen molar-refractivity contribution in [1.29, 1.82) is 0 Å². The first kappa shape index (κ1) is 13.9. The maximum Gasteiger partial charge on any atom is 0.341 e. The van der Waals surface area contributed by atoms with Crippen LogP contribution in [0, 0.1) is 6.92 Å². The fourth-order valence-corrected chi connectivity index (χ4v) is 2.98. The van der Waals surface area contributed by atoms with E-state index in [-0.39, 0.29) is 11.6 Å². The minimum absolute atomic E-state index is 0.0367. The summed E-state index contributed by atoms with van der Waals surface area (Å²) in [7, 11) is 1.72. The highest BCUT2D eigenvalue weighted by molar-refractivity contribution is 7.16. The van der Waals surface area contributed by atoms with Crippen LogP contribution in [-0.2, 0) is 7.05 Å². The Morgan fingerprint density at radius 2 is 2.26 bits per heavy atom. The van der Waals surface area contributed by atoms with Gasteiger partial charge in [-0.3, -0.25) is 4.68 Å². The number of carboxylic acids is 1. The third kappa shape index (κ3) is 2.74. The van der Waals surface area contributed by atoms with Crippen LogP contribution in [0.5, 0.6) is 0 Å². The van der Waals surface area contributed by atoms with Crippen molar-refractivity contribution in [3.63, 3.8) is 0 Å². The molecule has 19 heavy (non-hydrogen) atoms. The maximum absolute atomic E-state index is 11.3. The van der Waals surface area contributed by atoms with E-state index in [0.29, 0.717) is 15.8 Å². The van der Waals surface area contributed by atoms with Gasteiger partial charge in [-0.1, -0.05) is 11.6 Å². The number of hydrogen-bond donors (Lipinski definition) is 2. The fourth-order valence-electron chi connectivity index (χ4n) is 1.92.